The summed E-state index contributed by atoms with van der Waals surface area (Å²) in [6.07, 6.45) is 9.48. The van der Waals surface area contributed by atoms with Crippen LogP contribution in [0.25, 0.3) is 5.57 Å². The summed E-state index contributed by atoms with van der Waals surface area (Å²) in [5.41, 5.74) is 12.5. The SMILES string of the molecule is ClCc1ccc(C2=c3cc4c5c(c3Oc3c2cc2c6c3CCCN6CCC2)CCC[N+]=5CCC4)cc1. The van der Waals surface area contributed by atoms with E-state index in [2.05, 4.69) is 45.9 Å². The van der Waals surface area contributed by atoms with Crippen molar-refractivity contribution in [3.63, 3.8) is 0 Å². The summed E-state index contributed by atoms with van der Waals surface area (Å²) in [5, 5.41) is 2.79. The fraction of sp³-hybridized carbons (Fsp3) is 0.406. The number of aryl methyl sites for hydroxylation is 2. The van der Waals surface area contributed by atoms with Gasteiger partial charge < -0.3 is 9.64 Å². The molecule has 0 fully saturated rings. The molecule has 0 spiro atoms. The third-order valence-electron chi connectivity index (χ3n) is 9.08. The lowest BCUT2D eigenvalue weighted by molar-refractivity contribution is 0.431. The molecule has 0 aliphatic carbocycles. The summed E-state index contributed by atoms with van der Waals surface area (Å²) >= 11 is 6.17. The van der Waals surface area contributed by atoms with Gasteiger partial charge in [-0.25, -0.2) is 4.58 Å². The van der Waals surface area contributed by atoms with Crippen molar-refractivity contribution in [3.05, 3.63) is 85.9 Å². The second-order valence-corrected chi connectivity index (χ2v) is 11.4. The molecular formula is C32H32ClN2O+. The Morgan fingerprint density at radius 1 is 0.806 bits per heavy atom. The zero-order valence-corrected chi connectivity index (χ0v) is 21.6. The van der Waals surface area contributed by atoms with E-state index in [1.54, 1.807) is 0 Å². The maximum Gasteiger partial charge on any atom is 0.210 e. The van der Waals surface area contributed by atoms with Crippen LogP contribution in [0.3, 0.4) is 0 Å². The van der Waals surface area contributed by atoms with Crippen molar-refractivity contribution in [1.82, 2.24) is 4.58 Å². The number of rotatable bonds is 2. The monoisotopic (exact) mass is 495 g/mol. The van der Waals surface area contributed by atoms with Gasteiger partial charge in [0.25, 0.3) is 0 Å². The Labute approximate surface area is 217 Å². The van der Waals surface area contributed by atoms with E-state index in [1.807, 2.05) is 0 Å². The Hall–Kier alpha value is -2.78. The van der Waals surface area contributed by atoms with Gasteiger partial charge in [-0.05, 0) is 67.3 Å². The third kappa shape index (κ3) is 3.02. The van der Waals surface area contributed by atoms with E-state index >= 15 is 0 Å². The minimum atomic E-state index is 0.548. The molecule has 4 heteroatoms. The van der Waals surface area contributed by atoms with Crippen LogP contribution in [0.4, 0.5) is 5.69 Å². The molecule has 3 aromatic carbocycles. The number of fused-ring (bicyclic) bond motifs is 4. The van der Waals surface area contributed by atoms with E-state index in [0.29, 0.717) is 5.88 Å². The maximum atomic E-state index is 7.12. The van der Waals surface area contributed by atoms with Gasteiger partial charge in [0.05, 0.1) is 5.56 Å². The lowest BCUT2D eigenvalue weighted by Crippen LogP contribution is -2.45. The minimum absolute atomic E-state index is 0.548. The fourth-order valence-electron chi connectivity index (χ4n) is 7.59. The summed E-state index contributed by atoms with van der Waals surface area (Å²) in [5.74, 6) is 2.81. The molecule has 36 heavy (non-hydrogen) atoms. The predicted octanol–water partition coefficient (Wildman–Crippen LogP) is 4.86. The lowest BCUT2D eigenvalue weighted by Gasteiger charge is -2.39. The van der Waals surface area contributed by atoms with Crippen LogP contribution in [0.15, 0.2) is 36.4 Å². The minimum Gasteiger partial charge on any atom is -0.455 e. The van der Waals surface area contributed by atoms with Gasteiger partial charge in [0, 0.05) is 65.0 Å². The summed E-state index contributed by atoms with van der Waals surface area (Å²) < 4.78 is 9.75. The van der Waals surface area contributed by atoms with Crippen LogP contribution in [0.1, 0.15) is 64.6 Å². The Morgan fingerprint density at radius 3 is 2.39 bits per heavy atom. The van der Waals surface area contributed by atoms with E-state index in [1.165, 1.54) is 125 Å². The van der Waals surface area contributed by atoms with E-state index in [4.69, 9.17) is 16.3 Å². The highest BCUT2D eigenvalue weighted by molar-refractivity contribution is 6.17. The smallest absolute Gasteiger partial charge is 0.210 e. The van der Waals surface area contributed by atoms with Gasteiger partial charge in [0.2, 0.25) is 5.36 Å². The normalized spacial score (nSPS) is 19.2. The van der Waals surface area contributed by atoms with E-state index in [-0.39, 0.29) is 0 Å². The van der Waals surface area contributed by atoms with Crippen LogP contribution in [0, 0.1) is 0 Å². The molecule has 0 atom stereocenters. The first kappa shape index (κ1) is 21.3. The van der Waals surface area contributed by atoms with Gasteiger partial charge in [-0.1, -0.05) is 24.3 Å². The number of hydrogen-bond donors (Lipinski definition) is 0. The van der Waals surface area contributed by atoms with Crippen molar-refractivity contribution >= 4 is 22.9 Å². The zero-order valence-electron chi connectivity index (χ0n) is 20.8. The van der Waals surface area contributed by atoms with Crippen molar-refractivity contribution in [3.8, 4) is 11.5 Å². The summed E-state index contributed by atoms with van der Waals surface area (Å²) in [6.45, 7) is 4.72. The fourth-order valence-corrected chi connectivity index (χ4v) is 7.76. The molecule has 5 aliphatic heterocycles. The standard InChI is InChI=1S/C32H32ClN2O/c33-19-20-9-11-21(12-10-20)28-26-17-22-5-1-13-34-15-3-7-24(29(22)34)31(26)36-32-25-8-4-16-35-14-2-6-23(30(25)35)18-27(28)32/h9-12,17-18H,1-8,13-16,19H2/q+1. The second-order valence-electron chi connectivity index (χ2n) is 11.2. The molecule has 0 saturated carbocycles. The average Bonchev–Trinajstić information content (AvgIpc) is 2.93. The topological polar surface area (TPSA) is 15.5 Å². The summed E-state index contributed by atoms with van der Waals surface area (Å²) in [4.78, 5) is 2.63. The van der Waals surface area contributed by atoms with Crippen molar-refractivity contribution in [2.45, 2.75) is 57.2 Å². The largest absolute Gasteiger partial charge is 0.455 e. The number of nitrogens with zero attached hydrogens (tertiary/aromatic N) is 2. The van der Waals surface area contributed by atoms with Gasteiger partial charge in [0.1, 0.15) is 24.6 Å². The van der Waals surface area contributed by atoms with Crippen LogP contribution >= 0.6 is 11.6 Å². The average molecular weight is 496 g/mol. The number of alkyl halides is 1. The van der Waals surface area contributed by atoms with E-state index in [9.17, 15) is 0 Å². The quantitative estimate of drug-likeness (QED) is 0.291. The van der Waals surface area contributed by atoms with E-state index in [0.717, 1.165) is 24.3 Å². The number of benzene rings is 3. The molecule has 0 saturated heterocycles. The molecule has 0 bridgehead atoms. The highest BCUT2D eigenvalue weighted by atomic mass is 35.5. The van der Waals surface area contributed by atoms with Crippen LogP contribution in [-0.4, -0.2) is 26.2 Å². The molecule has 0 aromatic heterocycles. The van der Waals surface area contributed by atoms with E-state index < -0.39 is 0 Å². The first-order chi connectivity index (χ1) is 17.8. The number of hydrogen-bond acceptors (Lipinski definition) is 2. The summed E-state index contributed by atoms with van der Waals surface area (Å²) in [7, 11) is 0. The van der Waals surface area contributed by atoms with Crippen LogP contribution in [0.5, 0.6) is 11.5 Å². The Balaban J connectivity index is 1.50. The van der Waals surface area contributed by atoms with Crippen LogP contribution in [0.2, 0.25) is 0 Å². The number of ether oxygens (including phenoxy) is 1. The molecular weight excluding hydrogens is 464 g/mol. The molecule has 0 amide bonds. The molecule has 3 aromatic rings. The van der Waals surface area contributed by atoms with Gasteiger partial charge in [-0.15, -0.1) is 11.6 Å². The van der Waals surface area contributed by atoms with Gasteiger partial charge >= 0.3 is 0 Å². The third-order valence-corrected chi connectivity index (χ3v) is 9.39. The molecule has 0 N–H and O–H groups in total. The molecule has 0 radical (unpaired) electrons. The van der Waals surface area contributed by atoms with Crippen LogP contribution in [-0.2, 0) is 31.6 Å². The Morgan fingerprint density at radius 2 is 1.56 bits per heavy atom. The van der Waals surface area contributed by atoms with Crippen molar-refractivity contribution in [1.29, 1.82) is 0 Å². The molecule has 182 valence electrons. The second kappa shape index (κ2) is 8.11. The molecule has 8 rings (SSSR count). The molecule has 5 aliphatic rings. The molecule has 5 heterocycles. The Kier molecular flexibility index (Phi) is 4.80. The number of anilines is 1. The van der Waals surface area contributed by atoms with Crippen molar-refractivity contribution in [2.75, 3.05) is 31.1 Å². The molecule has 3 nitrogen and oxygen atoms in total. The lowest BCUT2D eigenvalue weighted by atomic mass is 9.82. The highest BCUT2D eigenvalue weighted by Gasteiger charge is 2.35. The first-order valence-electron chi connectivity index (χ1n) is 13.9. The maximum absolute atomic E-state index is 7.12. The molecule has 0 unspecified atom stereocenters. The van der Waals surface area contributed by atoms with Gasteiger partial charge in [-0.2, -0.15) is 0 Å². The highest BCUT2D eigenvalue weighted by Crippen LogP contribution is 2.48. The van der Waals surface area contributed by atoms with Gasteiger partial charge in [-0.3, -0.25) is 0 Å². The van der Waals surface area contributed by atoms with Crippen molar-refractivity contribution in [2.24, 2.45) is 0 Å². The predicted molar refractivity (Wildman–Crippen MR) is 146 cm³/mol. The first-order valence-corrected chi connectivity index (χ1v) is 14.4. The van der Waals surface area contributed by atoms with Crippen molar-refractivity contribution < 1.29 is 4.74 Å². The summed E-state index contributed by atoms with van der Waals surface area (Å²) in [6, 6.07) is 13.9. The Bertz CT molecular complexity index is 1550. The zero-order chi connectivity index (χ0) is 23.8. The number of halogens is 1. The van der Waals surface area contributed by atoms with Crippen LogP contribution < -0.4 is 24.8 Å². The van der Waals surface area contributed by atoms with Gasteiger partial charge in [0.15, 0.2) is 0 Å².